The van der Waals surface area contributed by atoms with Crippen molar-refractivity contribution < 1.29 is 14.4 Å². The quantitative estimate of drug-likeness (QED) is 0.213. The number of benzene rings is 4. The van der Waals surface area contributed by atoms with Gasteiger partial charge in [-0.15, -0.1) is 11.3 Å². The smallest absolute Gasteiger partial charge is 0.257 e. The summed E-state index contributed by atoms with van der Waals surface area (Å²) in [7, 11) is 0. The molecule has 204 valence electrons. The third kappa shape index (κ3) is 5.28. The number of carbonyl (C=O) groups is 3. The fourth-order valence-electron chi connectivity index (χ4n) is 5.20. The Labute approximate surface area is 242 Å². The highest BCUT2D eigenvalue weighted by Crippen LogP contribution is 2.33. The summed E-state index contributed by atoms with van der Waals surface area (Å²) in [5.41, 5.74) is 6.97. The van der Waals surface area contributed by atoms with Crippen molar-refractivity contribution in [2.45, 2.75) is 39.8 Å². The second-order valence-corrected chi connectivity index (χ2v) is 11.6. The van der Waals surface area contributed by atoms with Gasteiger partial charge in [0.25, 0.3) is 11.8 Å². The average molecular weight is 560 g/mol. The molecule has 4 aromatic carbocycles. The summed E-state index contributed by atoms with van der Waals surface area (Å²) in [4.78, 5) is 48.4. The second-order valence-electron chi connectivity index (χ2n) is 10.6. The van der Waals surface area contributed by atoms with Gasteiger partial charge >= 0.3 is 0 Å². The van der Waals surface area contributed by atoms with Crippen LogP contribution in [0.4, 0.5) is 5.69 Å². The van der Waals surface area contributed by atoms with Gasteiger partial charge in [-0.3, -0.25) is 14.4 Å². The van der Waals surface area contributed by atoms with E-state index in [4.69, 9.17) is 4.98 Å². The third-order valence-electron chi connectivity index (χ3n) is 7.41. The molecular weight excluding hydrogens is 530 g/mol. The Balaban J connectivity index is 1.29. The van der Waals surface area contributed by atoms with Crippen molar-refractivity contribution in [3.05, 3.63) is 119 Å². The molecule has 2 heterocycles. The molecule has 3 amide bonds. The lowest BCUT2D eigenvalue weighted by Crippen LogP contribution is -2.45. The van der Waals surface area contributed by atoms with Crippen LogP contribution in [-0.4, -0.2) is 33.6 Å². The summed E-state index contributed by atoms with van der Waals surface area (Å²) in [6.45, 7) is 6.20. The molecule has 1 unspecified atom stereocenters. The average Bonchev–Trinajstić information content (AvgIpc) is 3.52. The Morgan fingerprint density at radius 2 is 1.59 bits per heavy atom. The summed E-state index contributed by atoms with van der Waals surface area (Å²) < 4.78 is 1.11. The van der Waals surface area contributed by atoms with Gasteiger partial charge in [0.2, 0.25) is 5.91 Å². The van der Waals surface area contributed by atoms with Gasteiger partial charge in [-0.05, 0) is 80.4 Å². The predicted octanol–water partition coefficient (Wildman–Crippen LogP) is 6.86. The van der Waals surface area contributed by atoms with Crippen LogP contribution in [0.2, 0.25) is 0 Å². The van der Waals surface area contributed by atoms with Gasteiger partial charge in [0, 0.05) is 17.7 Å². The summed E-state index contributed by atoms with van der Waals surface area (Å²) >= 11 is 1.61. The molecule has 1 fully saturated rings. The van der Waals surface area contributed by atoms with E-state index >= 15 is 0 Å². The fraction of sp³-hybridized carbons (Fsp3) is 0.176. The molecule has 6 nitrogen and oxygen atoms in total. The molecule has 0 spiro atoms. The number of fused-ring (bicyclic) bond motifs is 1. The van der Waals surface area contributed by atoms with Gasteiger partial charge in [-0.1, -0.05) is 53.6 Å². The van der Waals surface area contributed by atoms with Crippen LogP contribution in [-0.2, 0) is 16.1 Å². The summed E-state index contributed by atoms with van der Waals surface area (Å²) in [6, 6.07) is 27.8. The number of thiazole rings is 1. The van der Waals surface area contributed by atoms with Crippen molar-refractivity contribution in [2.24, 2.45) is 0 Å². The summed E-state index contributed by atoms with van der Waals surface area (Å²) in [5, 5.41) is 0.877. The standard InChI is InChI=1S/C34H29N3O3S/c1-21-7-10-24(11-8-21)20-36(33(39)26-6-4-5-22(2)17-26)29-19-31(38)37(34(29)40)27-14-12-25(13-15-27)32-35-28-16-9-23(3)18-30(28)41-32/h4-18,29H,19-20H2,1-3H3. The summed E-state index contributed by atoms with van der Waals surface area (Å²) in [6.07, 6.45) is -0.0682. The van der Waals surface area contributed by atoms with E-state index in [1.54, 1.807) is 29.5 Å². The molecule has 1 aromatic heterocycles. The molecule has 0 bridgehead atoms. The van der Waals surface area contributed by atoms with Crippen LogP contribution in [0.5, 0.6) is 0 Å². The molecule has 0 saturated carbocycles. The fourth-order valence-corrected chi connectivity index (χ4v) is 6.27. The number of imide groups is 1. The first-order valence-corrected chi connectivity index (χ1v) is 14.4. The van der Waals surface area contributed by atoms with Crippen molar-refractivity contribution in [1.29, 1.82) is 0 Å². The first-order valence-electron chi connectivity index (χ1n) is 13.5. The number of hydrogen-bond donors (Lipinski definition) is 0. The van der Waals surface area contributed by atoms with Gasteiger partial charge in [-0.2, -0.15) is 0 Å². The number of anilines is 1. The van der Waals surface area contributed by atoms with Gasteiger partial charge in [0.05, 0.1) is 22.3 Å². The highest BCUT2D eigenvalue weighted by Gasteiger charge is 2.44. The van der Waals surface area contributed by atoms with Crippen LogP contribution in [0.15, 0.2) is 91.0 Å². The number of aromatic nitrogens is 1. The van der Waals surface area contributed by atoms with Gasteiger partial charge in [-0.25, -0.2) is 9.88 Å². The van der Waals surface area contributed by atoms with E-state index in [9.17, 15) is 14.4 Å². The highest BCUT2D eigenvalue weighted by molar-refractivity contribution is 7.21. The van der Waals surface area contributed by atoms with Gasteiger partial charge in [0.1, 0.15) is 11.0 Å². The van der Waals surface area contributed by atoms with Crippen molar-refractivity contribution in [3.8, 4) is 10.6 Å². The molecular formula is C34H29N3O3S. The van der Waals surface area contributed by atoms with Crippen molar-refractivity contribution >= 4 is 45.0 Å². The number of aryl methyl sites for hydroxylation is 3. The lowest BCUT2D eigenvalue weighted by atomic mass is 10.1. The van der Waals surface area contributed by atoms with E-state index in [0.717, 1.165) is 37.5 Å². The Morgan fingerprint density at radius 3 is 2.32 bits per heavy atom. The van der Waals surface area contributed by atoms with Crippen molar-refractivity contribution in [3.63, 3.8) is 0 Å². The van der Waals surface area contributed by atoms with Crippen LogP contribution >= 0.6 is 11.3 Å². The lowest BCUT2D eigenvalue weighted by molar-refractivity contribution is -0.122. The van der Waals surface area contributed by atoms with Gasteiger partial charge < -0.3 is 4.90 Å². The van der Waals surface area contributed by atoms with Crippen molar-refractivity contribution in [1.82, 2.24) is 9.88 Å². The predicted molar refractivity (Wildman–Crippen MR) is 163 cm³/mol. The number of nitrogens with zero attached hydrogens (tertiary/aromatic N) is 3. The second kappa shape index (κ2) is 10.7. The van der Waals surface area contributed by atoms with E-state index in [1.165, 1.54) is 15.4 Å². The molecule has 0 radical (unpaired) electrons. The van der Waals surface area contributed by atoms with E-state index in [2.05, 4.69) is 13.0 Å². The number of rotatable bonds is 6. The minimum absolute atomic E-state index is 0.0682. The first kappa shape index (κ1) is 26.6. The SMILES string of the molecule is Cc1ccc(CN(C(=O)c2cccc(C)c2)C2CC(=O)N(c3ccc(-c4nc5ccc(C)cc5s4)cc3)C2=O)cc1. The topological polar surface area (TPSA) is 70.6 Å². The maximum Gasteiger partial charge on any atom is 0.257 e. The van der Waals surface area contributed by atoms with Crippen molar-refractivity contribution in [2.75, 3.05) is 4.90 Å². The molecule has 5 aromatic rings. The Hall–Kier alpha value is -4.62. The molecule has 1 aliphatic heterocycles. The molecule has 1 saturated heterocycles. The molecule has 1 aliphatic rings. The van der Waals surface area contributed by atoms with E-state index in [-0.39, 0.29) is 24.8 Å². The van der Waals surface area contributed by atoms with Crippen LogP contribution in [0.1, 0.15) is 39.0 Å². The number of amides is 3. The van der Waals surface area contributed by atoms with Crippen LogP contribution in [0, 0.1) is 20.8 Å². The normalized spacial score (nSPS) is 15.1. The highest BCUT2D eigenvalue weighted by atomic mass is 32.1. The lowest BCUT2D eigenvalue weighted by Gasteiger charge is -2.28. The zero-order chi connectivity index (χ0) is 28.7. The Kier molecular flexibility index (Phi) is 6.97. The third-order valence-corrected chi connectivity index (χ3v) is 8.48. The minimum atomic E-state index is -0.899. The Morgan fingerprint density at radius 1 is 0.878 bits per heavy atom. The van der Waals surface area contributed by atoms with Crippen LogP contribution in [0.3, 0.4) is 0 Å². The maximum atomic E-state index is 13.8. The zero-order valence-electron chi connectivity index (χ0n) is 23.1. The Bertz CT molecular complexity index is 1790. The first-order chi connectivity index (χ1) is 19.8. The molecule has 6 rings (SSSR count). The monoisotopic (exact) mass is 559 g/mol. The molecule has 0 N–H and O–H groups in total. The summed E-state index contributed by atoms with van der Waals surface area (Å²) in [5.74, 6) is -0.996. The van der Waals surface area contributed by atoms with Gasteiger partial charge in [0.15, 0.2) is 0 Å². The number of carbonyl (C=O) groups excluding carboxylic acids is 3. The minimum Gasteiger partial charge on any atom is -0.322 e. The molecule has 41 heavy (non-hydrogen) atoms. The number of hydrogen-bond acceptors (Lipinski definition) is 5. The molecule has 1 atom stereocenters. The van der Waals surface area contributed by atoms with Crippen LogP contribution < -0.4 is 4.90 Å². The van der Waals surface area contributed by atoms with Crippen LogP contribution in [0.25, 0.3) is 20.8 Å². The zero-order valence-corrected chi connectivity index (χ0v) is 23.9. The van der Waals surface area contributed by atoms with E-state index in [0.29, 0.717) is 11.3 Å². The maximum absolute atomic E-state index is 13.8. The molecule has 0 aliphatic carbocycles. The van der Waals surface area contributed by atoms with E-state index < -0.39 is 11.9 Å². The largest absolute Gasteiger partial charge is 0.322 e. The molecule has 7 heteroatoms. The van der Waals surface area contributed by atoms with E-state index in [1.807, 2.05) is 80.6 Å².